The van der Waals surface area contributed by atoms with Gasteiger partial charge in [0.25, 0.3) is 0 Å². The minimum Gasteiger partial charge on any atom is -0.385 e. The number of rotatable bonds is 13. The summed E-state index contributed by atoms with van der Waals surface area (Å²) in [5.41, 5.74) is 9.16. The van der Waals surface area contributed by atoms with E-state index in [2.05, 4.69) is 46.7 Å². The lowest BCUT2D eigenvalue weighted by molar-refractivity contribution is 0.367. The molecule has 1 fully saturated rings. The first-order chi connectivity index (χ1) is 14.6. The van der Waals surface area contributed by atoms with Crippen LogP contribution in [-0.4, -0.2) is 16.0 Å². The molecular weight excluding hydrogens is 396 g/mol. The number of nitrogens with zero attached hydrogens (tertiary/aromatic N) is 3. The Balaban J connectivity index is 1.52. The van der Waals surface area contributed by atoms with Gasteiger partial charge in [0, 0.05) is 17.3 Å². The Kier molecular flexibility index (Phi) is 8.32. The fraction of sp³-hybridized carbons (Fsp3) is 0.625. The van der Waals surface area contributed by atoms with Crippen LogP contribution in [0.15, 0.2) is 27.2 Å². The maximum atomic E-state index is 5.95. The van der Waals surface area contributed by atoms with Crippen molar-refractivity contribution in [3.8, 4) is 11.4 Å². The largest absolute Gasteiger partial charge is 0.385 e. The van der Waals surface area contributed by atoms with Crippen molar-refractivity contribution in [1.82, 2.24) is 10.1 Å². The molecule has 1 aliphatic rings. The highest BCUT2D eigenvalue weighted by molar-refractivity contribution is 6.21. The zero-order chi connectivity index (χ0) is 21.4. The van der Waals surface area contributed by atoms with E-state index in [1.54, 1.807) is 0 Å². The monoisotopic (exact) mass is 430 g/mol. The van der Waals surface area contributed by atoms with E-state index in [9.17, 15) is 0 Å². The zero-order valence-corrected chi connectivity index (χ0v) is 19.2. The number of amidine groups is 1. The minimum atomic E-state index is -0.461. The SMILES string of the molecule is CCCCCCCCCCCc1cc(-c2noc(C3(C(N)=NCl)CC3)n2)ccc1C. The second kappa shape index (κ2) is 10.9. The molecule has 1 aliphatic carbocycles. The number of hydrogen-bond acceptors (Lipinski definition) is 4. The number of benzene rings is 1. The van der Waals surface area contributed by atoms with Crippen molar-refractivity contribution in [3.63, 3.8) is 0 Å². The fourth-order valence-electron chi connectivity index (χ4n) is 4.03. The molecule has 0 unspecified atom stereocenters. The van der Waals surface area contributed by atoms with Crippen LogP contribution in [-0.2, 0) is 11.8 Å². The first-order valence-electron chi connectivity index (χ1n) is 11.5. The van der Waals surface area contributed by atoms with Crippen LogP contribution in [0.25, 0.3) is 11.4 Å². The second-order valence-corrected chi connectivity index (χ2v) is 8.86. The molecule has 30 heavy (non-hydrogen) atoms. The van der Waals surface area contributed by atoms with Gasteiger partial charge in [-0.3, -0.25) is 0 Å². The standard InChI is InChI=1S/C24H35ClN4O/c1-3-4-5-6-7-8-9-10-11-12-19-17-20(14-13-18(19)2)21-27-23(30-29-21)24(15-16-24)22(26)28-25/h13-14,17H,3-12,15-16H2,1-2H3,(H2,26,28). The van der Waals surface area contributed by atoms with Gasteiger partial charge in [-0.2, -0.15) is 9.50 Å². The molecule has 0 radical (unpaired) electrons. The first kappa shape index (κ1) is 22.8. The van der Waals surface area contributed by atoms with Crippen LogP contribution in [0.3, 0.4) is 0 Å². The minimum absolute atomic E-state index is 0.356. The zero-order valence-electron chi connectivity index (χ0n) is 18.4. The molecular formula is C24H35ClN4O. The summed E-state index contributed by atoms with van der Waals surface area (Å²) in [6.45, 7) is 4.44. The summed E-state index contributed by atoms with van der Waals surface area (Å²) >= 11 is 5.57. The summed E-state index contributed by atoms with van der Waals surface area (Å²) in [5, 5.41) is 4.19. The molecule has 0 bridgehead atoms. The van der Waals surface area contributed by atoms with E-state index in [1.165, 1.54) is 68.9 Å². The van der Waals surface area contributed by atoms with Crippen LogP contribution < -0.4 is 5.73 Å². The quantitative estimate of drug-likeness (QED) is 0.219. The molecule has 0 atom stereocenters. The topological polar surface area (TPSA) is 77.3 Å². The summed E-state index contributed by atoms with van der Waals surface area (Å²) in [6.07, 6.45) is 14.9. The Morgan fingerprint density at radius 2 is 1.77 bits per heavy atom. The Labute approximate surface area is 185 Å². The van der Waals surface area contributed by atoms with Crippen LogP contribution in [0.2, 0.25) is 0 Å². The molecule has 0 spiro atoms. The predicted octanol–water partition coefficient (Wildman–Crippen LogP) is 6.66. The van der Waals surface area contributed by atoms with E-state index in [0.29, 0.717) is 17.6 Å². The van der Waals surface area contributed by atoms with Crippen molar-refractivity contribution < 1.29 is 4.52 Å². The van der Waals surface area contributed by atoms with Crippen LogP contribution in [0.4, 0.5) is 0 Å². The lowest BCUT2D eigenvalue weighted by atomic mass is 9.98. The number of hydrogen-bond donors (Lipinski definition) is 1. The molecule has 2 N–H and O–H groups in total. The molecule has 0 saturated heterocycles. The molecule has 1 aromatic heterocycles. The van der Waals surface area contributed by atoms with E-state index in [4.69, 9.17) is 22.0 Å². The Morgan fingerprint density at radius 1 is 1.10 bits per heavy atom. The summed E-state index contributed by atoms with van der Waals surface area (Å²) in [6, 6.07) is 6.41. The van der Waals surface area contributed by atoms with Crippen LogP contribution >= 0.6 is 11.8 Å². The van der Waals surface area contributed by atoms with Crippen molar-refractivity contribution in [2.24, 2.45) is 10.2 Å². The molecule has 1 aromatic carbocycles. The number of nitrogens with two attached hydrogens (primary N) is 1. The third kappa shape index (κ3) is 5.63. The Morgan fingerprint density at radius 3 is 2.40 bits per heavy atom. The van der Waals surface area contributed by atoms with E-state index in [1.807, 2.05) is 0 Å². The Bertz CT molecular complexity index is 841. The van der Waals surface area contributed by atoms with Gasteiger partial charge in [0.1, 0.15) is 11.3 Å². The van der Waals surface area contributed by atoms with E-state index in [0.717, 1.165) is 24.8 Å². The Hall–Kier alpha value is -1.88. The molecule has 1 heterocycles. The highest BCUT2D eigenvalue weighted by Crippen LogP contribution is 2.48. The van der Waals surface area contributed by atoms with Crippen molar-refractivity contribution in [3.05, 3.63) is 35.2 Å². The summed E-state index contributed by atoms with van der Waals surface area (Å²) in [7, 11) is 0. The molecule has 2 aromatic rings. The van der Waals surface area contributed by atoms with Gasteiger partial charge in [0.15, 0.2) is 0 Å². The van der Waals surface area contributed by atoms with Gasteiger partial charge in [-0.05, 0) is 49.8 Å². The van der Waals surface area contributed by atoms with Crippen molar-refractivity contribution in [1.29, 1.82) is 0 Å². The molecule has 5 nitrogen and oxygen atoms in total. The molecule has 3 rings (SSSR count). The lowest BCUT2D eigenvalue weighted by Gasteiger charge is -2.08. The molecule has 0 aliphatic heterocycles. The normalized spacial score (nSPS) is 15.5. The van der Waals surface area contributed by atoms with Crippen LogP contribution in [0.1, 0.15) is 94.6 Å². The third-order valence-electron chi connectivity index (χ3n) is 6.32. The fourth-order valence-corrected chi connectivity index (χ4v) is 4.19. The van der Waals surface area contributed by atoms with Gasteiger partial charge in [-0.25, -0.2) is 0 Å². The van der Waals surface area contributed by atoms with Crippen LogP contribution in [0.5, 0.6) is 0 Å². The third-order valence-corrected chi connectivity index (χ3v) is 6.51. The predicted molar refractivity (Wildman–Crippen MR) is 124 cm³/mol. The van der Waals surface area contributed by atoms with Gasteiger partial charge >= 0.3 is 0 Å². The summed E-state index contributed by atoms with van der Waals surface area (Å²) < 4.78 is 9.14. The highest BCUT2D eigenvalue weighted by Gasteiger charge is 2.53. The van der Waals surface area contributed by atoms with Crippen LogP contribution in [0, 0.1) is 6.92 Å². The van der Waals surface area contributed by atoms with Gasteiger partial charge < -0.3 is 10.3 Å². The van der Waals surface area contributed by atoms with Gasteiger partial charge in [-0.1, -0.05) is 75.6 Å². The van der Waals surface area contributed by atoms with E-state index in [-0.39, 0.29) is 0 Å². The maximum Gasteiger partial charge on any atom is 0.240 e. The number of aryl methyl sites for hydroxylation is 2. The number of unbranched alkanes of at least 4 members (excludes halogenated alkanes) is 8. The average Bonchev–Trinajstić information content (AvgIpc) is 3.42. The van der Waals surface area contributed by atoms with Gasteiger partial charge in [0.2, 0.25) is 11.7 Å². The van der Waals surface area contributed by atoms with E-state index >= 15 is 0 Å². The van der Waals surface area contributed by atoms with Crippen molar-refractivity contribution in [2.75, 3.05) is 0 Å². The number of halogens is 1. The average molecular weight is 431 g/mol. The number of aromatic nitrogens is 2. The molecule has 164 valence electrons. The second-order valence-electron chi connectivity index (χ2n) is 8.69. The molecule has 6 heteroatoms. The van der Waals surface area contributed by atoms with Crippen molar-refractivity contribution >= 4 is 17.6 Å². The van der Waals surface area contributed by atoms with E-state index < -0.39 is 5.41 Å². The molecule has 1 saturated carbocycles. The van der Waals surface area contributed by atoms with Crippen molar-refractivity contribution in [2.45, 2.75) is 96.3 Å². The molecule has 0 amide bonds. The van der Waals surface area contributed by atoms with Gasteiger partial charge in [0.05, 0.1) is 0 Å². The smallest absolute Gasteiger partial charge is 0.240 e. The van der Waals surface area contributed by atoms with Gasteiger partial charge in [-0.15, -0.1) is 0 Å². The maximum absolute atomic E-state index is 5.95. The lowest BCUT2D eigenvalue weighted by Crippen LogP contribution is -2.28. The summed E-state index contributed by atoms with van der Waals surface area (Å²) in [5.74, 6) is 1.47. The highest BCUT2D eigenvalue weighted by atomic mass is 35.5. The summed E-state index contributed by atoms with van der Waals surface area (Å²) in [4.78, 5) is 4.61. The first-order valence-corrected chi connectivity index (χ1v) is 11.8.